The van der Waals surface area contributed by atoms with Crippen molar-refractivity contribution in [2.75, 3.05) is 11.9 Å². The SMILES string of the molecule is CCc1cccc(CC)c1NC(=O)C1CC1C(=O)NCCCc1ccccc1. The number of carbonyl (C=O) groups is 2. The van der Waals surface area contributed by atoms with Crippen molar-refractivity contribution in [2.24, 2.45) is 11.8 Å². The summed E-state index contributed by atoms with van der Waals surface area (Å²) in [5.41, 5.74) is 4.51. The molecule has 2 atom stereocenters. The summed E-state index contributed by atoms with van der Waals surface area (Å²) in [7, 11) is 0. The van der Waals surface area contributed by atoms with Crippen LogP contribution in [0, 0.1) is 11.8 Å². The number of carbonyl (C=O) groups excluding carboxylic acids is 2. The molecule has 1 saturated carbocycles. The maximum atomic E-state index is 12.6. The monoisotopic (exact) mass is 378 g/mol. The second-order valence-corrected chi connectivity index (χ2v) is 7.48. The molecule has 0 heterocycles. The van der Waals surface area contributed by atoms with E-state index < -0.39 is 0 Å². The van der Waals surface area contributed by atoms with E-state index in [0.29, 0.717) is 13.0 Å². The molecule has 2 aromatic rings. The third-order valence-corrected chi connectivity index (χ3v) is 5.50. The Morgan fingerprint density at radius 2 is 1.54 bits per heavy atom. The highest BCUT2D eigenvalue weighted by molar-refractivity contribution is 6.00. The van der Waals surface area contributed by atoms with Gasteiger partial charge in [0.05, 0.1) is 11.8 Å². The zero-order valence-electron chi connectivity index (χ0n) is 16.8. The molecule has 3 rings (SSSR count). The Balaban J connectivity index is 1.46. The molecule has 0 aliphatic heterocycles. The summed E-state index contributed by atoms with van der Waals surface area (Å²) in [6.45, 7) is 4.83. The molecule has 1 aliphatic carbocycles. The van der Waals surface area contributed by atoms with Gasteiger partial charge in [-0.1, -0.05) is 62.4 Å². The highest BCUT2D eigenvalue weighted by Crippen LogP contribution is 2.40. The Morgan fingerprint density at radius 3 is 2.18 bits per heavy atom. The van der Waals surface area contributed by atoms with Crippen molar-refractivity contribution in [1.82, 2.24) is 5.32 Å². The molecule has 28 heavy (non-hydrogen) atoms. The van der Waals surface area contributed by atoms with Gasteiger partial charge < -0.3 is 10.6 Å². The Labute approximate surface area is 167 Å². The van der Waals surface area contributed by atoms with Crippen LogP contribution in [0.1, 0.15) is 43.4 Å². The van der Waals surface area contributed by atoms with E-state index in [9.17, 15) is 9.59 Å². The van der Waals surface area contributed by atoms with E-state index in [2.05, 4.69) is 48.7 Å². The van der Waals surface area contributed by atoms with Crippen LogP contribution >= 0.6 is 0 Å². The predicted octanol–water partition coefficient (Wildman–Crippen LogP) is 4.14. The highest BCUT2D eigenvalue weighted by atomic mass is 16.2. The summed E-state index contributed by atoms with van der Waals surface area (Å²) in [4.78, 5) is 25.0. The molecule has 2 unspecified atom stereocenters. The van der Waals surface area contributed by atoms with Crippen LogP contribution in [0.4, 0.5) is 5.69 Å². The average Bonchev–Trinajstić information content (AvgIpc) is 3.53. The van der Waals surface area contributed by atoms with Crippen molar-refractivity contribution in [2.45, 2.75) is 46.0 Å². The molecule has 0 saturated heterocycles. The predicted molar refractivity (Wildman–Crippen MR) is 113 cm³/mol. The van der Waals surface area contributed by atoms with Crippen molar-refractivity contribution < 1.29 is 9.59 Å². The Bertz CT molecular complexity index is 794. The summed E-state index contributed by atoms with van der Waals surface area (Å²) < 4.78 is 0. The average molecular weight is 379 g/mol. The minimum absolute atomic E-state index is 0.00713. The first-order valence-corrected chi connectivity index (χ1v) is 10.4. The molecule has 0 spiro atoms. The molecule has 1 aliphatic rings. The first-order chi connectivity index (χ1) is 13.6. The zero-order valence-corrected chi connectivity index (χ0v) is 16.8. The van der Waals surface area contributed by atoms with Gasteiger partial charge in [0.15, 0.2) is 0 Å². The molecule has 4 nitrogen and oxygen atoms in total. The van der Waals surface area contributed by atoms with Gasteiger partial charge in [-0.3, -0.25) is 9.59 Å². The molecule has 2 amide bonds. The number of hydrogen-bond acceptors (Lipinski definition) is 2. The first-order valence-electron chi connectivity index (χ1n) is 10.4. The van der Waals surface area contributed by atoms with Gasteiger partial charge in [0.1, 0.15) is 0 Å². The molecule has 2 aromatic carbocycles. The fourth-order valence-electron chi connectivity index (χ4n) is 3.67. The third kappa shape index (κ3) is 5.00. The quantitative estimate of drug-likeness (QED) is 0.645. The maximum absolute atomic E-state index is 12.6. The van der Waals surface area contributed by atoms with Gasteiger partial charge in [-0.2, -0.15) is 0 Å². The van der Waals surface area contributed by atoms with Gasteiger partial charge in [-0.05, 0) is 48.8 Å². The summed E-state index contributed by atoms with van der Waals surface area (Å²) in [6, 6.07) is 16.4. The molecule has 2 N–H and O–H groups in total. The number of para-hydroxylation sites is 1. The van der Waals surface area contributed by atoms with Crippen molar-refractivity contribution in [3.05, 3.63) is 65.2 Å². The van der Waals surface area contributed by atoms with E-state index in [1.54, 1.807) is 0 Å². The second-order valence-electron chi connectivity index (χ2n) is 7.48. The summed E-state index contributed by atoms with van der Waals surface area (Å²) in [5, 5.41) is 6.09. The van der Waals surface area contributed by atoms with Crippen molar-refractivity contribution in [3.63, 3.8) is 0 Å². The van der Waals surface area contributed by atoms with Crippen molar-refractivity contribution >= 4 is 17.5 Å². The molecule has 0 radical (unpaired) electrons. The lowest BCUT2D eigenvalue weighted by Gasteiger charge is -2.14. The lowest BCUT2D eigenvalue weighted by molar-refractivity contribution is -0.125. The van der Waals surface area contributed by atoms with Crippen LogP contribution in [-0.4, -0.2) is 18.4 Å². The van der Waals surface area contributed by atoms with Gasteiger partial charge in [-0.15, -0.1) is 0 Å². The van der Waals surface area contributed by atoms with E-state index in [1.165, 1.54) is 5.56 Å². The minimum Gasteiger partial charge on any atom is -0.356 e. The number of hydrogen-bond donors (Lipinski definition) is 2. The molecule has 148 valence electrons. The Kier molecular flexibility index (Phi) is 6.85. The second kappa shape index (κ2) is 9.54. The number of benzene rings is 2. The summed E-state index contributed by atoms with van der Waals surface area (Å²) >= 11 is 0. The number of nitrogens with one attached hydrogen (secondary N) is 2. The van der Waals surface area contributed by atoms with Crippen LogP contribution in [-0.2, 0) is 28.9 Å². The van der Waals surface area contributed by atoms with Crippen LogP contribution in [0.3, 0.4) is 0 Å². The van der Waals surface area contributed by atoms with E-state index >= 15 is 0 Å². The number of aryl methyl sites for hydroxylation is 3. The van der Waals surface area contributed by atoms with E-state index in [1.807, 2.05) is 24.3 Å². The number of anilines is 1. The van der Waals surface area contributed by atoms with Gasteiger partial charge in [0.2, 0.25) is 11.8 Å². The van der Waals surface area contributed by atoms with Crippen LogP contribution in [0.2, 0.25) is 0 Å². The van der Waals surface area contributed by atoms with Crippen molar-refractivity contribution in [1.29, 1.82) is 0 Å². The smallest absolute Gasteiger partial charge is 0.228 e. The Morgan fingerprint density at radius 1 is 0.893 bits per heavy atom. The number of amides is 2. The normalized spacial score (nSPS) is 17.8. The van der Waals surface area contributed by atoms with Crippen LogP contribution in [0.25, 0.3) is 0 Å². The molecule has 0 bridgehead atoms. The minimum atomic E-state index is -0.205. The number of rotatable bonds is 9. The molecule has 4 heteroatoms. The highest BCUT2D eigenvalue weighted by Gasteiger charge is 2.48. The van der Waals surface area contributed by atoms with Gasteiger partial charge in [0.25, 0.3) is 0 Å². The van der Waals surface area contributed by atoms with Crippen molar-refractivity contribution in [3.8, 4) is 0 Å². The molecular weight excluding hydrogens is 348 g/mol. The largest absolute Gasteiger partial charge is 0.356 e. The fourth-order valence-corrected chi connectivity index (χ4v) is 3.67. The van der Waals surface area contributed by atoms with Gasteiger partial charge in [0, 0.05) is 12.2 Å². The maximum Gasteiger partial charge on any atom is 0.228 e. The molecule has 1 fully saturated rings. The van der Waals surface area contributed by atoms with E-state index in [4.69, 9.17) is 0 Å². The topological polar surface area (TPSA) is 58.2 Å². The third-order valence-electron chi connectivity index (χ3n) is 5.50. The van der Waals surface area contributed by atoms with Gasteiger partial charge >= 0.3 is 0 Å². The van der Waals surface area contributed by atoms with Crippen LogP contribution in [0.15, 0.2) is 48.5 Å². The Hall–Kier alpha value is -2.62. The zero-order chi connectivity index (χ0) is 19.9. The molecule has 0 aromatic heterocycles. The van der Waals surface area contributed by atoms with Crippen LogP contribution in [0.5, 0.6) is 0 Å². The van der Waals surface area contributed by atoms with E-state index in [0.717, 1.165) is 42.5 Å². The standard InChI is InChI=1S/C24H30N2O2/c1-3-18-13-8-14-19(4-2)22(18)26-24(28)21-16-20(21)23(27)25-15-9-12-17-10-6-5-7-11-17/h5-8,10-11,13-14,20-21H,3-4,9,12,15-16H2,1-2H3,(H,25,27)(H,26,28). The summed E-state index contributed by atoms with van der Waals surface area (Å²) in [5.74, 6) is -0.410. The first kappa shape index (κ1) is 20.1. The lowest BCUT2D eigenvalue weighted by Crippen LogP contribution is -2.28. The fraction of sp³-hybridized carbons (Fsp3) is 0.417. The lowest BCUT2D eigenvalue weighted by atomic mass is 10.0. The van der Waals surface area contributed by atoms with E-state index in [-0.39, 0.29) is 23.7 Å². The van der Waals surface area contributed by atoms with Gasteiger partial charge in [-0.25, -0.2) is 0 Å². The summed E-state index contributed by atoms with van der Waals surface area (Å²) in [6.07, 6.45) is 4.25. The van der Waals surface area contributed by atoms with Crippen LogP contribution < -0.4 is 10.6 Å². The molecular formula is C24H30N2O2.